The average molecular weight is 796 g/mol. The van der Waals surface area contributed by atoms with Crippen molar-refractivity contribution in [2.24, 2.45) is 4.99 Å². The molecule has 9 aromatic carbocycles. The van der Waals surface area contributed by atoms with E-state index < -0.39 is 5.41 Å². The lowest BCUT2D eigenvalue weighted by atomic mass is 9.66. The highest BCUT2D eigenvalue weighted by Crippen LogP contribution is 2.62. The molecular formula is C58H41N3O. The average Bonchev–Trinajstić information content (AvgIpc) is 4.09. The van der Waals surface area contributed by atoms with E-state index in [9.17, 15) is 0 Å². The molecule has 0 aromatic heterocycles. The van der Waals surface area contributed by atoms with E-state index in [0.29, 0.717) is 6.54 Å². The van der Waals surface area contributed by atoms with E-state index in [1.807, 2.05) is 6.07 Å². The van der Waals surface area contributed by atoms with Crippen molar-refractivity contribution in [1.29, 1.82) is 0 Å². The van der Waals surface area contributed by atoms with Gasteiger partial charge in [-0.2, -0.15) is 0 Å². The highest BCUT2D eigenvalue weighted by atomic mass is 16.5. The van der Waals surface area contributed by atoms with E-state index in [2.05, 4.69) is 229 Å². The van der Waals surface area contributed by atoms with Crippen LogP contribution in [0.5, 0.6) is 11.5 Å². The second kappa shape index (κ2) is 14.7. The van der Waals surface area contributed by atoms with Crippen LogP contribution >= 0.6 is 0 Å². The Bertz CT molecular complexity index is 3130. The van der Waals surface area contributed by atoms with Crippen LogP contribution in [0.3, 0.4) is 0 Å². The fourth-order valence-corrected chi connectivity index (χ4v) is 9.81. The number of para-hydroxylation sites is 2. The molecule has 2 aliphatic heterocycles. The first-order chi connectivity index (χ1) is 30.7. The summed E-state index contributed by atoms with van der Waals surface area (Å²) in [6.07, 6.45) is 0.00556. The number of nitrogens with zero attached hydrogens (tertiary/aromatic N) is 2. The molecule has 1 saturated heterocycles. The van der Waals surface area contributed by atoms with Gasteiger partial charge in [0.2, 0.25) is 0 Å². The molecule has 1 fully saturated rings. The summed E-state index contributed by atoms with van der Waals surface area (Å²) >= 11 is 0. The lowest BCUT2D eigenvalue weighted by molar-refractivity contribution is 0.436. The van der Waals surface area contributed by atoms with Gasteiger partial charge in [-0.05, 0) is 97.1 Å². The number of hydrazine groups is 1. The van der Waals surface area contributed by atoms with Crippen molar-refractivity contribution in [3.8, 4) is 56.0 Å². The molecular weight excluding hydrogens is 755 g/mol. The minimum absolute atomic E-state index is 0.00556. The zero-order valence-corrected chi connectivity index (χ0v) is 33.9. The normalized spacial score (nSPS) is 15.3. The standard InChI is InChI=1S/C58H41N3O/c1-3-15-39(16-4-1)38-59-56(42-31-29-41(30-32-42)40-17-5-2-6-18-40)61-57(60-61)47-22-14-21-45(36-47)43-19-13-20-44(35-43)46-33-34-51-49(37-46)48-23-7-8-24-50(48)58(51)52-25-9-11-27-54(52)62-55-28-12-10-26-53(55)58/h1-37,57,60H,38H2. The molecule has 62 heavy (non-hydrogen) atoms. The summed E-state index contributed by atoms with van der Waals surface area (Å²) in [4.78, 5) is 5.19. The zero-order valence-electron chi connectivity index (χ0n) is 33.9. The Hall–Kier alpha value is -7.79. The van der Waals surface area contributed by atoms with Gasteiger partial charge in [-0.25, -0.2) is 5.43 Å². The zero-order chi connectivity index (χ0) is 41.0. The lowest BCUT2D eigenvalue weighted by Crippen LogP contribution is -2.32. The molecule has 0 bridgehead atoms. The fourth-order valence-electron chi connectivity index (χ4n) is 9.81. The van der Waals surface area contributed by atoms with Gasteiger partial charge in [-0.3, -0.25) is 10.0 Å². The summed E-state index contributed by atoms with van der Waals surface area (Å²) in [5.41, 5.74) is 21.2. The molecule has 2 heterocycles. The van der Waals surface area contributed by atoms with Crippen LogP contribution in [-0.4, -0.2) is 10.8 Å². The first kappa shape index (κ1) is 36.1. The van der Waals surface area contributed by atoms with Gasteiger partial charge in [0.15, 0.2) is 0 Å². The number of benzene rings is 9. The molecule has 1 atom stereocenters. The van der Waals surface area contributed by atoms with Crippen LogP contribution < -0.4 is 10.2 Å². The number of rotatable bonds is 7. The van der Waals surface area contributed by atoms with Crippen LogP contribution in [0.2, 0.25) is 0 Å². The van der Waals surface area contributed by atoms with Crippen molar-refractivity contribution >= 4 is 5.84 Å². The van der Waals surface area contributed by atoms with Crippen LogP contribution in [0.1, 0.15) is 45.1 Å². The van der Waals surface area contributed by atoms with Crippen molar-refractivity contribution in [1.82, 2.24) is 10.4 Å². The summed E-state index contributed by atoms with van der Waals surface area (Å²) < 4.78 is 6.54. The number of ether oxygens (including phenoxy) is 1. The Labute approximate surface area is 362 Å². The third-order valence-electron chi connectivity index (χ3n) is 12.8. The molecule has 4 heteroatoms. The van der Waals surface area contributed by atoms with Crippen molar-refractivity contribution in [3.05, 3.63) is 263 Å². The van der Waals surface area contributed by atoms with Gasteiger partial charge in [0.05, 0.1) is 12.0 Å². The highest BCUT2D eigenvalue weighted by molar-refractivity contribution is 6.00. The number of hydrogen-bond donors (Lipinski definition) is 1. The Morgan fingerprint density at radius 2 is 0.984 bits per heavy atom. The Morgan fingerprint density at radius 1 is 0.452 bits per heavy atom. The maximum Gasteiger partial charge on any atom is 0.147 e. The van der Waals surface area contributed by atoms with Gasteiger partial charge >= 0.3 is 0 Å². The molecule has 1 aliphatic carbocycles. The minimum Gasteiger partial charge on any atom is -0.457 e. The fraction of sp³-hybridized carbons (Fsp3) is 0.0517. The minimum atomic E-state index is -0.472. The molecule has 0 saturated carbocycles. The number of amidine groups is 1. The first-order valence-corrected chi connectivity index (χ1v) is 21.3. The summed E-state index contributed by atoms with van der Waals surface area (Å²) in [5, 5.41) is 2.19. The van der Waals surface area contributed by atoms with Crippen molar-refractivity contribution < 1.29 is 4.74 Å². The SMILES string of the molecule is c1ccc(CN=C(c2ccc(-c3ccccc3)cc2)N2NC2c2cccc(-c3cccc(-c4ccc5c(c4)-c4ccccc4C54c5ccccc5Oc5ccccc54)c3)c2)cc1. The van der Waals surface area contributed by atoms with Gasteiger partial charge in [0.1, 0.15) is 23.5 Å². The lowest BCUT2D eigenvalue weighted by Gasteiger charge is -2.39. The first-order valence-electron chi connectivity index (χ1n) is 21.3. The quantitative estimate of drug-likeness (QED) is 0.0993. The van der Waals surface area contributed by atoms with Crippen molar-refractivity contribution in [2.45, 2.75) is 18.1 Å². The van der Waals surface area contributed by atoms with E-state index in [1.165, 1.54) is 77.9 Å². The number of aliphatic imine (C=N–C) groups is 1. The molecule has 9 aromatic rings. The van der Waals surface area contributed by atoms with E-state index in [-0.39, 0.29) is 6.17 Å². The van der Waals surface area contributed by atoms with Gasteiger partial charge in [0, 0.05) is 16.7 Å². The monoisotopic (exact) mass is 795 g/mol. The van der Waals surface area contributed by atoms with Crippen molar-refractivity contribution in [2.75, 3.05) is 0 Å². The predicted molar refractivity (Wildman–Crippen MR) is 251 cm³/mol. The van der Waals surface area contributed by atoms with Crippen LogP contribution in [0, 0.1) is 0 Å². The maximum atomic E-state index is 6.54. The third-order valence-corrected chi connectivity index (χ3v) is 12.8. The summed E-state index contributed by atoms with van der Waals surface area (Å²) in [6, 6.07) is 80.6. The largest absolute Gasteiger partial charge is 0.457 e. The second-order valence-corrected chi connectivity index (χ2v) is 16.3. The molecule has 0 radical (unpaired) electrons. The third kappa shape index (κ3) is 5.99. The Kier molecular flexibility index (Phi) is 8.58. The Balaban J connectivity index is 0.870. The van der Waals surface area contributed by atoms with E-state index in [4.69, 9.17) is 9.73 Å². The maximum absolute atomic E-state index is 6.54. The van der Waals surface area contributed by atoms with Crippen LogP contribution in [0.25, 0.3) is 44.5 Å². The summed E-state index contributed by atoms with van der Waals surface area (Å²) in [5.74, 6) is 2.75. The summed E-state index contributed by atoms with van der Waals surface area (Å²) in [7, 11) is 0. The van der Waals surface area contributed by atoms with E-state index in [1.54, 1.807) is 0 Å². The smallest absolute Gasteiger partial charge is 0.147 e. The van der Waals surface area contributed by atoms with Crippen LogP contribution in [0.4, 0.5) is 0 Å². The molecule has 4 nitrogen and oxygen atoms in total. The van der Waals surface area contributed by atoms with Gasteiger partial charge in [-0.1, -0.05) is 194 Å². The molecule has 294 valence electrons. The van der Waals surface area contributed by atoms with Crippen molar-refractivity contribution in [3.63, 3.8) is 0 Å². The van der Waals surface area contributed by atoms with Gasteiger partial charge in [0.25, 0.3) is 0 Å². The number of nitrogens with one attached hydrogen (secondary N) is 1. The number of hydrogen-bond acceptors (Lipinski definition) is 3. The van der Waals surface area contributed by atoms with Crippen LogP contribution in [-0.2, 0) is 12.0 Å². The van der Waals surface area contributed by atoms with Crippen LogP contribution in [0.15, 0.2) is 229 Å². The molecule has 1 spiro atoms. The predicted octanol–water partition coefficient (Wildman–Crippen LogP) is 13.6. The van der Waals surface area contributed by atoms with E-state index >= 15 is 0 Å². The van der Waals surface area contributed by atoms with E-state index in [0.717, 1.165) is 22.9 Å². The topological polar surface area (TPSA) is 46.5 Å². The second-order valence-electron chi connectivity index (χ2n) is 16.3. The molecule has 0 amide bonds. The molecule has 3 aliphatic rings. The molecule has 1 unspecified atom stereocenters. The molecule has 1 N–H and O–H groups in total. The van der Waals surface area contributed by atoms with Gasteiger partial charge < -0.3 is 4.74 Å². The van der Waals surface area contributed by atoms with Gasteiger partial charge in [-0.15, -0.1) is 0 Å². The highest BCUT2D eigenvalue weighted by Gasteiger charge is 2.51. The summed E-state index contributed by atoms with van der Waals surface area (Å²) in [6.45, 7) is 0.596. The Morgan fingerprint density at radius 3 is 1.71 bits per heavy atom. The molecule has 12 rings (SSSR count). The number of fused-ring (bicyclic) bond motifs is 9.